The SMILES string of the molecule is [W].[W].[W].[W].[W].[W].[W].[W].[W].[W].[W]. The van der Waals surface area contributed by atoms with E-state index in [1.807, 2.05) is 0 Å². The summed E-state index contributed by atoms with van der Waals surface area (Å²) in [6.07, 6.45) is 0. The van der Waals surface area contributed by atoms with Crippen LogP contribution in [0.1, 0.15) is 0 Å². The minimum absolute atomic E-state index is 0. The molecule has 0 aromatic heterocycles. The molecule has 0 aliphatic heterocycles. The monoisotopic (exact) mass is 2020 g/mol. The average molecular weight is 2020 g/mol. The van der Waals surface area contributed by atoms with E-state index in [1.54, 1.807) is 0 Å². The van der Waals surface area contributed by atoms with Crippen LogP contribution in [0.5, 0.6) is 0 Å². The molecule has 0 aromatic carbocycles. The standard InChI is InChI=1S/11W. The zero-order chi connectivity index (χ0) is 0. The van der Waals surface area contributed by atoms with Crippen molar-refractivity contribution in [2.45, 2.75) is 0 Å². The molecular formula is W11. The maximum Gasteiger partial charge on any atom is 0 e. The van der Waals surface area contributed by atoms with Crippen LogP contribution in [0.4, 0.5) is 0 Å². The molecule has 66 valence electrons. The second kappa shape index (κ2) is 84.2. The van der Waals surface area contributed by atoms with Gasteiger partial charge in [-0.25, -0.2) is 0 Å². The summed E-state index contributed by atoms with van der Waals surface area (Å²) in [5, 5.41) is 0. The largest absolute Gasteiger partial charge is 0 e. The first-order valence-electron chi connectivity index (χ1n) is 0. The van der Waals surface area contributed by atoms with Crippen LogP contribution in [-0.2, 0) is 232 Å². The Morgan fingerprint density at radius 3 is 0.0909 bits per heavy atom. The third-order valence-electron chi connectivity index (χ3n) is 0. The molecule has 0 nitrogen and oxygen atoms in total. The molecule has 0 aromatic rings. The second-order valence-electron chi connectivity index (χ2n) is 0. The predicted molar refractivity (Wildman–Crippen MR) is 0 cm³/mol. The first kappa shape index (κ1) is 100. The summed E-state index contributed by atoms with van der Waals surface area (Å²) in [6, 6.07) is 0. The summed E-state index contributed by atoms with van der Waals surface area (Å²) in [5.74, 6) is 0. The smallest absolute Gasteiger partial charge is 0 e. The summed E-state index contributed by atoms with van der Waals surface area (Å²) < 4.78 is 0. The van der Waals surface area contributed by atoms with Crippen LogP contribution < -0.4 is 0 Å². The van der Waals surface area contributed by atoms with Crippen LogP contribution in [-0.4, -0.2) is 0 Å². The van der Waals surface area contributed by atoms with E-state index in [2.05, 4.69) is 0 Å². The minimum atomic E-state index is 0. The molecule has 0 spiro atoms. The predicted octanol–water partition coefficient (Wildman–Crippen LogP) is -0.0275. The van der Waals surface area contributed by atoms with E-state index in [1.165, 1.54) is 0 Å². The fourth-order valence-corrected chi connectivity index (χ4v) is 0. The fraction of sp³-hybridized carbons (Fsp3) is 0. The molecule has 11 heavy (non-hydrogen) atoms. The summed E-state index contributed by atoms with van der Waals surface area (Å²) in [5.41, 5.74) is 0. The Morgan fingerprint density at radius 2 is 0.0909 bits per heavy atom. The molecule has 0 aliphatic carbocycles. The van der Waals surface area contributed by atoms with Crippen molar-refractivity contribution in [3.63, 3.8) is 0 Å². The number of hydrogen-bond donors (Lipinski definition) is 0. The van der Waals surface area contributed by atoms with Gasteiger partial charge in [-0.1, -0.05) is 0 Å². The van der Waals surface area contributed by atoms with Gasteiger partial charge in [0.05, 0.1) is 0 Å². The van der Waals surface area contributed by atoms with Crippen molar-refractivity contribution in [1.29, 1.82) is 0 Å². The van der Waals surface area contributed by atoms with E-state index in [-0.39, 0.29) is 232 Å². The maximum absolute atomic E-state index is 0. The third-order valence-corrected chi connectivity index (χ3v) is 0. The van der Waals surface area contributed by atoms with Crippen molar-refractivity contribution in [2.75, 3.05) is 0 Å². The molecule has 0 atom stereocenters. The Hall–Kier alpha value is 7.57. The molecule has 0 N–H and O–H groups in total. The van der Waals surface area contributed by atoms with Crippen LogP contribution in [0.2, 0.25) is 0 Å². The van der Waals surface area contributed by atoms with Crippen molar-refractivity contribution in [2.24, 2.45) is 0 Å². The average Bonchev–Trinajstić information content (AvgIpc) is 0. The van der Waals surface area contributed by atoms with E-state index >= 15 is 0 Å². The molecule has 0 saturated heterocycles. The normalized spacial score (nSPS) is 0. The summed E-state index contributed by atoms with van der Waals surface area (Å²) in [7, 11) is 0. The molecule has 0 fully saturated rings. The van der Waals surface area contributed by atoms with Crippen LogP contribution in [0, 0.1) is 0 Å². The first-order chi connectivity index (χ1) is 0. The quantitative estimate of drug-likeness (QED) is 0.321. The van der Waals surface area contributed by atoms with Gasteiger partial charge in [0.15, 0.2) is 0 Å². The molecule has 0 rings (SSSR count). The Bertz CT molecular complexity index is 0. The van der Waals surface area contributed by atoms with Gasteiger partial charge >= 0.3 is 0 Å². The van der Waals surface area contributed by atoms with Crippen molar-refractivity contribution in [3.05, 3.63) is 0 Å². The van der Waals surface area contributed by atoms with Gasteiger partial charge in [0.1, 0.15) is 0 Å². The van der Waals surface area contributed by atoms with Gasteiger partial charge in [0, 0.05) is 232 Å². The van der Waals surface area contributed by atoms with Gasteiger partial charge in [-0.15, -0.1) is 0 Å². The van der Waals surface area contributed by atoms with Crippen LogP contribution in [0.15, 0.2) is 0 Å². The van der Waals surface area contributed by atoms with E-state index in [0.717, 1.165) is 0 Å². The van der Waals surface area contributed by atoms with Crippen molar-refractivity contribution < 1.29 is 232 Å². The first-order valence-corrected chi connectivity index (χ1v) is 0. The molecule has 0 radical (unpaired) electrons. The van der Waals surface area contributed by atoms with Gasteiger partial charge in [0.25, 0.3) is 0 Å². The Morgan fingerprint density at radius 1 is 0.0909 bits per heavy atom. The Labute approximate surface area is 226 Å². The van der Waals surface area contributed by atoms with E-state index in [9.17, 15) is 0 Å². The van der Waals surface area contributed by atoms with E-state index in [0.29, 0.717) is 0 Å². The van der Waals surface area contributed by atoms with Crippen LogP contribution in [0.25, 0.3) is 0 Å². The molecule has 0 heterocycles. The van der Waals surface area contributed by atoms with Gasteiger partial charge in [-0.2, -0.15) is 0 Å². The second-order valence-corrected chi connectivity index (χ2v) is 0. The molecule has 11 heteroatoms. The third kappa shape index (κ3) is 74.3. The number of hydrogen-bond acceptors (Lipinski definition) is 0. The fourth-order valence-electron chi connectivity index (χ4n) is 0. The summed E-state index contributed by atoms with van der Waals surface area (Å²) >= 11 is 0. The van der Waals surface area contributed by atoms with Gasteiger partial charge in [0.2, 0.25) is 0 Å². The van der Waals surface area contributed by atoms with Crippen molar-refractivity contribution in [1.82, 2.24) is 0 Å². The number of rotatable bonds is 0. The molecular weight excluding hydrogens is 2020 g/mol. The van der Waals surface area contributed by atoms with Gasteiger partial charge in [-0.3, -0.25) is 0 Å². The summed E-state index contributed by atoms with van der Waals surface area (Å²) in [4.78, 5) is 0. The molecule has 0 unspecified atom stereocenters. The van der Waals surface area contributed by atoms with Crippen molar-refractivity contribution >= 4 is 0 Å². The van der Waals surface area contributed by atoms with Gasteiger partial charge < -0.3 is 0 Å². The van der Waals surface area contributed by atoms with E-state index < -0.39 is 0 Å². The zero-order valence-corrected chi connectivity index (χ0v) is 36.8. The zero-order valence-electron chi connectivity index (χ0n) is 4.49. The van der Waals surface area contributed by atoms with E-state index in [4.69, 9.17) is 0 Å². The molecule has 0 aliphatic rings. The Balaban J connectivity index is 0. The molecule has 0 saturated carbocycles. The summed E-state index contributed by atoms with van der Waals surface area (Å²) in [6.45, 7) is 0. The minimum Gasteiger partial charge on any atom is 0 e. The Kier molecular flexibility index (Phi) is 765. The van der Waals surface area contributed by atoms with Crippen LogP contribution in [0.3, 0.4) is 0 Å². The topological polar surface area (TPSA) is 0 Å². The molecule has 0 bridgehead atoms. The van der Waals surface area contributed by atoms with Crippen LogP contribution >= 0.6 is 0 Å². The molecule has 0 amide bonds. The van der Waals surface area contributed by atoms with Gasteiger partial charge in [-0.05, 0) is 0 Å². The maximum atomic E-state index is 0. The van der Waals surface area contributed by atoms with Crippen molar-refractivity contribution in [3.8, 4) is 0 Å².